The first-order chi connectivity index (χ1) is 9.79. The minimum Gasteiger partial charge on any atom is -0.481 e. The van der Waals surface area contributed by atoms with Crippen LogP contribution in [0.3, 0.4) is 0 Å². The van der Waals surface area contributed by atoms with Crippen LogP contribution in [-0.4, -0.2) is 41.1 Å². The molecule has 0 heterocycles. The van der Waals surface area contributed by atoms with Crippen molar-refractivity contribution >= 4 is 12.0 Å². The third-order valence-corrected chi connectivity index (χ3v) is 4.04. The molecule has 2 amide bonds. The monoisotopic (exact) mass is 292 g/mol. The standard InChI is InChI=1S/C16H24N2O3/c1-5-16(2,3)18(4)15(21)17-11-13(14(19)20)12-9-7-6-8-10-12/h6-10,13H,5,11H2,1-4H3,(H,17,21)(H,19,20). The fourth-order valence-electron chi connectivity index (χ4n) is 1.85. The van der Waals surface area contributed by atoms with E-state index in [4.69, 9.17) is 0 Å². The molecule has 0 aromatic heterocycles. The summed E-state index contributed by atoms with van der Waals surface area (Å²) in [7, 11) is 1.72. The van der Waals surface area contributed by atoms with Crippen LogP contribution in [0.25, 0.3) is 0 Å². The van der Waals surface area contributed by atoms with Crippen molar-refractivity contribution in [1.29, 1.82) is 0 Å². The van der Waals surface area contributed by atoms with Gasteiger partial charge in [-0.25, -0.2) is 4.79 Å². The number of urea groups is 1. The number of carbonyl (C=O) groups excluding carboxylic acids is 1. The van der Waals surface area contributed by atoms with Crippen molar-refractivity contribution in [2.24, 2.45) is 0 Å². The van der Waals surface area contributed by atoms with Gasteiger partial charge in [-0.1, -0.05) is 37.3 Å². The topological polar surface area (TPSA) is 69.6 Å². The van der Waals surface area contributed by atoms with Crippen LogP contribution in [0.1, 0.15) is 38.7 Å². The van der Waals surface area contributed by atoms with Crippen LogP contribution < -0.4 is 5.32 Å². The van der Waals surface area contributed by atoms with E-state index in [1.165, 1.54) is 0 Å². The van der Waals surface area contributed by atoms with E-state index in [-0.39, 0.29) is 18.1 Å². The average molecular weight is 292 g/mol. The largest absolute Gasteiger partial charge is 0.481 e. The van der Waals surface area contributed by atoms with Crippen LogP contribution in [0.15, 0.2) is 30.3 Å². The molecule has 0 aliphatic carbocycles. The van der Waals surface area contributed by atoms with Gasteiger partial charge >= 0.3 is 12.0 Å². The molecule has 2 N–H and O–H groups in total. The summed E-state index contributed by atoms with van der Waals surface area (Å²) in [5.41, 5.74) is 0.415. The Bertz CT molecular complexity index is 486. The maximum atomic E-state index is 12.1. The number of hydrogen-bond donors (Lipinski definition) is 2. The Morgan fingerprint density at radius 3 is 2.33 bits per heavy atom. The Kier molecular flexibility index (Phi) is 5.76. The summed E-state index contributed by atoms with van der Waals surface area (Å²) in [6, 6.07) is 8.66. The van der Waals surface area contributed by atoms with Gasteiger partial charge in [-0.3, -0.25) is 4.79 Å². The molecule has 0 saturated carbocycles. The van der Waals surface area contributed by atoms with Crippen molar-refractivity contribution in [2.75, 3.05) is 13.6 Å². The van der Waals surface area contributed by atoms with Crippen molar-refractivity contribution in [3.8, 4) is 0 Å². The number of amides is 2. The molecule has 0 bridgehead atoms. The van der Waals surface area contributed by atoms with Crippen LogP contribution >= 0.6 is 0 Å². The highest BCUT2D eigenvalue weighted by atomic mass is 16.4. The number of aliphatic carboxylic acids is 1. The van der Waals surface area contributed by atoms with E-state index in [1.807, 2.05) is 26.8 Å². The van der Waals surface area contributed by atoms with Gasteiger partial charge in [-0.2, -0.15) is 0 Å². The van der Waals surface area contributed by atoms with E-state index in [2.05, 4.69) is 5.32 Å². The third kappa shape index (κ3) is 4.48. The Labute approximate surface area is 126 Å². The molecule has 0 radical (unpaired) electrons. The number of hydrogen-bond acceptors (Lipinski definition) is 2. The highest BCUT2D eigenvalue weighted by molar-refractivity contribution is 5.79. The maximum Gasteiger partial charge on any atom is 0.317 e. The summed E-state index contributed by atoms with van der Waals surface area (Å²) in [6.07, 6.45) is 0.817. The average Bonchev–Trinajstić information content (AvgIpc) is 2.47. The van der Waals surface area contributed by atoms with Crippen LogP contribution in [0.5, 0.6) is 0 Å². The lowest BCUT2D eigenvalue weighted by Crippen LogP contribution is -2.50. The summed E-state index contributed by atoms with van der Waals surface area (Å²) < 4.78 is 0. The van der Waals surface area contributed by atoms with Crippen molar-refractivity contribution < 1.29 is 14.7 Å². The second kappa shape index (κ2) is 7.11. The normalized spacial score (nSPS) is 12.6. The molecule has 0 spiro atoms. The maximum absolute atomic E-state index is 12.1. The third-order valence-electron chi connectivity index (χ3n) is 4.04. The number of carbonyl (C=O) groups is 2. The minimum atomic E-state index is -0.945. The lowest BCUT2D eigenvalue weighted by Gasteiger charge is -2.35. The predicted octanol–water partition coefficient (Wildman–Crippen LogP) is 2.68. The number of benzene rings is 1. The number of rotatable bonds is 6. The Morgan fingerprint density at radius 1 is 1.29 bits per heavy atom. The van der Waals surface area contributed by atoms with Crippen LogP contribution in [0, 0.1) is 0 Å². The van der Waals surface area contributed by atoms with Gasteiger partial charge in [0.1, 0.15) is 0 Å². The van der Waals surface area contributed by atoms with E-state index in [1.54, 1.807) is 36.2 Å². The second-order valence-corrected chi connectivity index (χ2v) is 5.71. The van der Waals surface area contributed by atoms with E-state index in [0.717, 1.165) is 6.42 Å². The highest BCUT2D eigenvalue weighted by Gasteiger charge is 2.27. The molecule has 5 heteroatoms. The zero-order valence-electron chi connectivity index (χ0n) is 13.1. The number of nitrogens with one attached hydrogen (secondary N) is 1. The number of carboxylic acids is 1. The molecule has 0 fully saturated rings. The zero-order chi connectivity index (χ0) is 16.0. The second-order valence-electron chi connectivity index (χ2n) is 5.71. The van der Waals surface area contributed by atoms with Gasteiger partial charge < -0.3 is 15.3 Å². The quantitative estimate of drug-likeness (QED) is 0.847. The first kappa shape index (κ1) is 17.0. The van der Waals surface area contributed by atoms with Crippen molar-refractivity contribution in [3.05, 3.63) is 35.9 Å². The molecule has 0 aliphatic heterocycles. The highest BCUT2D eigenvalue weighted by Crippen LogP contribution is 2.18. The molecule has 1 rings (SSSR count). The van der Waals surface area contributed by atoms with Gasteiger partial charge in [0.15, 0.2) is 0 Å². The van der Waals surface area contributed by atoms with Crippen molar-refractivity contribution in [3.63, 3.8) is 0 Å². The molecular formula is C16H24N2O3. The molecule has 21 heavy (non-hydrogen) atoms. The van der Waals surface area contributed by atoms with Crippen LogP contribution in [0.2, 0.25) is 0 Å². The Balaban J connectivity index is 2.71. The van der Waals surface area contributed by atoms with Gasteiger partial charge in [0.05, 0.1) is 5.92 Å². The summed E-state index contributed by atoms with van der Waals surface area (Å²) in [6.45, 7) is 6.02. The first-order valence-electron chi connectivity index (χ1n) is 7.09. The van der Waals surface area contributed by atoms with Crippen LogP contribution in [-0.2, 0) is 4.79 Å². The molecular weight excluding hydrogens is 268 g/mol. The lowest BCUT2D eigenvalue weighted by molar-refractivity contribution is -0.138. The molecule has 0 saturated heterocycles. The van der Waals surface area contributed by atoms with Crippen LogP contribution in [0.4, 0.5) is 4.79 Å². The van der Waals surface area contributed by atoms with Gasteiger partial charge in [0, 0.05) is 19.1 Å². The van der Waals surface area contributed by atoms with Gasteiger partial charge in [-0.15, -0.1) is 0 Å². The molecule has 1 atom stereocenters. The van der Waals surface area contributed by atoms with Crippen molar-refractivity contribution in [2.45, 2.75) is 38.6 Å². The Morgan fingerprint density at radius 2 is 1.86 bits per heavy atom. The summed E-state index contributed by atoms with van der Waals surface area (Å²) in [4.78, 5) is 25.1. The summed E-state index contributed by atoms with van der Waals surface area (Å²) in [5, 5.41) is 12.0. The fourth-order valence-corrected chi connectivity index (χ4v) is 1.85. The summed E-state index contributed by atoms with van der Waals surface area (Å²) >= 11 is 0. The van der Waals surface area contributed by atoms with E-state index in [0.29, 0.717) is 5.56 Å². The lowest BCUT2D eigenvalue weighted by atomic mass is 9.99. The molecule has 5 nitrogen and oxygen atoms in total. The van der Waals surface area contributed by atoms with E-state index in [9.17, 15) is 14.7 Å². The number of nitrogens with zero attached hydrogens (tertiary/aromatic N) is 1. The molecule has 1 aromatic rings. The molecule has 1 unspecified atom stereocenters. The zero-order valence-corrected chi connectivity index (χ0v) is 13.1. The Hall–Kier alpha value is -2.04. The van der Waals surface area contributed by atoms with Gasteiger partial charge in [-0.05, 0) is 25.8 Å². The molecule has 116 valence electrons. The smallest absolute Gasteiger partial charge is 0.317 e. The summed E-state index contributed by atoms with van der Waals surface area (Å²) in [5.74, 6) is -1.69. The van der Waals surface area contributed by atoms with Gasteiger partial charge in [0.2, 0.25) is 0 Å². The van der Waals surface area contributed by atoms with E-state index < -0.39 is 11.9 Å². The van der Waals surface area contributed by atoms with Crippen molar-refractivity contribution in [1.82, 2.24) is 10.2 Å². The minimum absolute atomic E-state index is 0.0717. The fraction of sp³-hybridized carbons (Fsp3) is 0.500. The number of carboxylic acid groups (broad SMARTS) is 1. The predicted molar refractivity (Wildman–Crippen MR) is 82.4 cm³/mol. The van der Waals surface area contributed by atoms with Gasteiger partial charge in [0.25, 0.3) is 0 Å². The first-order valence-corrected chi connectivity index (χ1v) is 7.09. The molecule has 0 aliphatic rings. The molecule has 1 aromatic carbocycles. The van der Waals surface area contributed by atoms with E-state index >= 15 is 0 Å². The SMILES string of the molecule is CCC(C)(C)N(C)C(=O)NCC(C(=O)O)c1ccccc1.